The molecule has 0 bridgehead atoms. The highest BCUT2D eigenvalue weighted by Gasteiger charge is 2.31. The van der Waals surface area contributed by atoms with Crippen LogP contribution in [0.2, 0.25) is 5.02 Å². The molecule has 198 valence electrons. The minimum atomic E-state index is 0.234. The number of fused-ring (bicyclic) bond motifs is 2. The summed E-state index contributed by atoms with van der Waals surface area (Å²) in [5, 5.41) is 12.4. The first-order chi connectivity index (χ1) is 18.5. The lowest BCUT2D eigenvalue weighted by molar-refractivity contribution is 0.187. The van der Waals surface area contributed by atoms with Gasteiger partial charge in [-0.25, -0.2) is 0 Å². The lowest BCUT2D eigenvalue weighted by Gasteiger charge is -2.34. The van der Waals surface area contributed by atoms with Gasteiger partial charge in [0.25, 0.3) is 0 Å². The van der Waals surface area contributed by atoms with Crippen LogP contribution in [0, 0.1) is 11.5 Å². The molecular formula is C29H34ClN7O. The van der Waals surface area contributed by atoms with Crippen molar-refractivity contribution >= 4 is 33.9 Å². The summed E-state index contributed by atoms with van der Waals surface area (Å²) in [7, 11) is 4.25. The van der Waals surface area contributed by atoms with Gasteiger partial charge >= 0.3 is 6.01 Å². The number of hydrogen-bond donors (Lipinski definition) is 0. The predicted molar refractivity (Wildman–Crippen MR) is 151 cm³/mol. The number of nitrogens with zero attached hydrogens (tertiary/aromatic N) is 7. The molecule has 0 amide bonds. The molecule has 9 heteroatoms. The van der Waals surface area contributed by atoms with Crippen LogP contribution in [0.5, 0.6) is 6.01 Å². The van der Waals surface area contributed by atoms with Gasteiger partial charge in [0.2, 0.25) is 0 Å². The first-order valence-electron chi connectivity index (χ1n) is 13.5. The van der Waals surface area contributed by atoms with Gasteiger partial charge in [-0.2, -0.15) is 15.2 Å². The van der Waals surface area contributed by atoms with Crippen LogP contribution in [0.1, 0.15) is 30.5 Å². The molecule has 8 nitrogen and oxygen atoms in total. The number of rotatable bonds is 6. The van der Waals surface area contributed by atoms with Gasteiger partial charge in [-0.1, -0.05) is 35.9 Å². The molecule has 4 heterocycles. The Morgan fingerprint density at radius 3 is 2.74 bits per heavy atom. The van der Waals surface area contributed by atoms with Gasteiger partial charge in [0, 0.05) is 49.4 Å². The molecule has 3 aliphatic heterocycles. The monoisotopic (exact) mass is 531 g/mol. The van der Waals surface area contributed by atoms with Crippen molar-refractivity contribution in [2.75, 3.05) is 56.7 Å². The van der Waals surface area contributed by atoms with E-state index >= 15 is 0 Å². The quantitative estimate of drug-likeness (QED) is 0.436. The van der Waals surface area contributed by atoms with E-state index in [9.17, 15) is 5.26 Å². The molecule has 2 atom stereocenters. The van der Waals surface area contributed by atoms with Crippen molar-refractivity contribution in [3.63, 3.8) is 0 Å². The number of halogens is 1. The lowest BCUT2D eigenvalue weighted by atomic mass is 10.0. The Morgan fingerprint density at radius 1 is 1.13 bits per heavy atom. The van der Waals surface area contributed by atoms with Crippen molar-refractivity contribution in [1.82, 2.24) is 19.8 Å². The number of benzene rings is 2. The molecule has 2 fully saturated rings. The van der Waals surface area contributed by atoms with Crippen LogP contribution in [0.3, 0.4) is 0 Å². The zero-order chi connectivity index (χ0) is 26.2. The Hall–Kier alpha value is -3.28. The maximum absolute atomic E-state index is 9.39. The zero-order valence-electron chi connectivity index (χ0n) is 22.1. The van der Waals surface area contributed by atoms with Crippen LogP contribution < -0.4 is 14.5 Å². The maximum atomic E-state index is 9.39. The Bertz CT molecular complexity index is 1370. The summed E-state index contributed by atoms with van der Waals surface area (Å²) in [6, 6.07) is 13.5. The highest BCUT2D eigenvalue weighted by molar-refractivity contribution is 6.36. The SMILES string of the molecule is CN1CCC[C@H]1COc1nc2c(c(N(C)[C@H]3CCN(C#N)C3)n1)CCN(c1cccc3cccc(Cl)c13)C2. The molecule has 0 spiro atoms. The highest BCUT2D eigenvalue weighted by Crippen LogP contribution is 2.37. The third kappa shape index (κ3) is 4.70. The van der Waals surface area contributed by atoms with Crippen LogP contribution in [0.25, 0.3) is 10.8 Å². The second-order valence-electron chi connectivity index (χ2n) is 10.7. The van der Waals surface area contributed by atoms with Crippen molar-refractivity contribution in [2.45, 2.75) is 44.3 Å². The molecule has 38 heavy (non-hydrogen) atoms. The standard InChI is InChI=1S/C29H34ClN7O/c1-34-13-5-8-22(34)18-38-29-32-25-17-37(26-10-4-7-20-6-3-9-24(30)27(20)26)15-12-23(25)28(33-29)35(2)21-11-14-36(16-21)19-31/h3-4,6-7,9-10,21-22H,5,8,11-18H2,1-2H3/t21-,22-/m0/s1. The normalized spacial score (nSPS) is 21.5. The number of aromatic nitrogens is 2. The maximum Gasteiger partial charge on any atom is 0.318 e. The predicted octanol–water partition coefficient (Wildman–Crippen LogP) is 4.31. The average Bonchev–Trinajstić information content (AvgIpc) is 3.59. The summed E-state index contributed by atoms with van der Waals surface area (Å²) in [5.41, 5.74) is 3.31. The average molecular weight is 532 g/mol. The van der Waals surface area contributed by atoms with E-state index in [1.54, 1.807) is 0 Å². The van der Waals surface area contributed by atoms with E-state index in [0.29, 0.717) is 25.2 Å². The van der Waals surface area contributed by atoms with Crippen LogP contribution in [0.4, 0.5) is 11.5 Å². The number of hydrogen-bond acceptors (Lipinski definition) is 8. The van der Waals surface area contributed by atoms with E-state index in [0.717, 1.165) is 78.4 Å². The molecule has 0 saturated carbocycles. The number of anilines is 2. The smallest absolute Gasteiger partial charge is 0.318 e. The van der Waals surface area contributed by atoms with Crippen LogP contribution in [-0.4, -0.2) is 78.7 Å². The fraction of sp³-hybridized carbons (Fsp3) is 0.483. The zero-order valence-corrected chi connectivity index (χ0v) is 22.9. The fourth-order valence-corrected chi connectivity index (χ4v) is 6.45. The highest BCUT2D eigenvalue weighted by atomic mass is 35.5. The number of likely N-dealkylation sites (N-methyl/N-ethyl adjacent to an activating group) is 2. The third-order valence-electron chi connectivity index (χ3n) is 8.46. The molecule has 0 aliphatic carbocycles. The van der Waals surface area contributed by atoms with Crippen molar-refractivity contribution in [2.24, 2.45) is 0 Å². The first kappa shape index (κ1) is 25.0. The van der Waals surface area contributed by atoms with Crippen LogP contribution in [-0.2, 0) is 13.0 Å². The Morgan fingerprint density at radius 2 is 1.97 bits per heavy atom. The third-order valence-corrected chi connectivity index (χ3v) is 8.77. The van der Waals surface area contributed by atoms with Gasteiger partial charge < -0.3 is 24.3 Å². The Labute approximate surface area is 229 Å². The molecule has 3 aromatic rings. The molecule has 0 unspecified atom stereocenters. The minimum Gasteiger partial charge on any atom is -0.462 e. The Balaban J connectivity index is 1.33. The second kappa shape index (κ2) is 10.5. The van der Waals surface area contributed by atoms with Gasteiger partial charge in [0.05, 0.1) is 23.3 Å². The second-order valence-corrected chi connectivity index (χ2v) is 11.1. The summed E-state index contributed by atoms with van der Waals surface area (Å²) < 4.78 is 6.26. The van der Waals surface area contributed by atoms with Crippen LogP contribution >= 0.6 is 11.6 Å². The summed E-state index contributed by atoms with van der Waals surface area (Å²) in [5.74, 6) is 0.935. The summed E-state index contributed by atoms with van der Waals surface area (Å²) in [4.78, 5) is 18.7. The van der Waals surface area contributed by atoms with Gasteiger partial charge in [-0.15, -0.1) is 0 Å². The molecule has 2 aromatic carbocycles. The molecule has 3 aliphatic rings. The molecule has 6 rings (SSSR count). The minimum absolute atomic E-state index is 0.234. The summed E-state index contributed by atoms with van der Waals surface area (Å²) in [6.07, 6.45) is 6.40. The molecule has 0 radical (unpaired) electrons. The van der Waals surface area contributed by atoms with Gasteiger partial charge in [-0.05, 0) is 56.8 Å². The first-order valence-corrected chi connectivity index (χ1v) is 13.9. The largest absolute Gasteiger partial charge is 0.462 e. The van der Waals surface area contributed by atoms with E-state index in [-0.39, 0.29) is 6.04 Å². The van der Waals surface area contributed by atoms with E-state index in [1.807, 2.05) is 17.0 Å². The van der Waals surface area contributed by atoms with E-state index in [2.05, 4.69) is 59.3 Å². The molecular weight excluding hydrogens is 498 g/mol. The number of likely N-dealkylation sites (tertiary alicyclic amines) is 2. The van der Waals surface area contributed by atoms with Gasteiger partial charge in [0.1, 0.15) is 12.4 Å². The lowest BCUT2D eigenvalue weighted by Crippen LogP contribution is -2.38. The fourth-order valence-electron chi connectivity index (χ4n) is 6.17. The van der Waals surface area contributed by atoms with Gasteiger partial charge in [-0.3, -0.25) is 0 Å². The summed E-state index contributed by atoms with van der Waals surface area (Å²) >= 11 is 6.68. The van der Waals surface area contributed by atoms with E-state index in [1.165, 1.54) is 12.0 Å². The van der Waals surface area contributed by atoms with E-state index < -0.39 is 0 Å². The van der Waals surface area contributed by atoms with Crippen molar-refractivity contribution in [3.05, 3.63) is 52.7 Å². The molecule has 0 N–H and O–H groups in total. The number of ether oxygens (including phenoxy) is 1. The Kier molecular flexibility index (Phi) is 6.89. The van der Waals surface area contributed by atoms with E-state index in [4.69, 9.17) is 26.3 Å². The van der Waals surface area contributed by atoms with Crippen molar-refractivity contribution in [1.29, 1.82) is 5.26 Å². The number of nitriles is 1. The summed E-state index contributed by atoms with van der Waals surface area (Å²) in [6.45, 7) is 4.71. The van der Waals surface area contributed by atoms with Crippen molar-refractivity contribution < 1.29 is 4.74 Å². The molecule has 1 aromatic heterocycles. The van der Waals surface area contributed by atoms with Crippen LogP contribution in [0.15, 0.2) is 36.4 Å². The molecule has 2 saturated heterocycles. The topological polar surface area (TPSA) is 71.8 Å². The van der Waals surface area contributed by atoms with Crippen molar-refractivity contribution in [3.8, 4) is 12.2 Å². The van der Waals surface area contributed by atoms with Gasteiger partial charge in [0.15, 0.2) is 6.19 Å².